The number of hydrogen-bond acceptors (Lipinski definition) is 3. The standard InChI is InChI=1S/C11H16O3.2C2H6/c1-10-2-4-11(5-3-10)14-9-8-13-7-6-12;2*1-2/h2-5,12H,6-9H2,1H3;2*1-2H3. The number of benzene rings is 1. The van der Waals surface area contributed by atoms with Crippen LogP contribution >= 0.6 is 0 Å². The highest BCUT2D eigenvalue weighted by Crippen LogP contribution is 2.10. The van der Waals surface area contributed by atoms with E-state index >= 15 is 0 Å². The van der Waals surface area contributed by atoms with Gasteiger partial charge in [0, 0.05) is 0 Å². The van der Waals surface area contributed by atoms with E-state index in [-0.39, 0.29) is 6.61 Å². The van der Waals surface area contributed by atoms with Crippen molar-refractivity contribution in [3.8, 4) is 5.75 Å². The van der Waals surface area contributed by atoms with E-state index in [1.54, 1.807) is 0 Å². The van der Waals surface area contributed by atoms with Gasteiger partial charge in [-0.05, 0) is 19.1 Å². The van der Waals surface area contributed by atoms with Crippen LogP contribution in [0.2, 0.25) is 0 Å². The van der Waals surface area contributed by atoms with Gasteiger partial charge >= 0.3 is 0 Å². The Balaban J connectivity index is 0. The minimum atomic E-state index is 0.0601. The lowest BCUT2D eigenvalue weighted by Crippen LogP contribution is -2.08. The first kappa shape index (κ1) is 19.3. The van der Waals surface area contributed by atoms with Crippen molar-refractivity contribution in [2.75, 3.05) is 26.4 Å². The normalized spacial score (nSPS) is 8.56. The van der Waals surface area contributed by atoms with Gasteiger partial charge in [0.05, 0.1) is 19.8 Å². The fraction of sp³-hybridized carbons (Fsp3) is 0.600. The third-order valence-corrected chi connectivity index (χ3v) is 1.75. The molecule has 0 spiro atoms. The summed E-state index contributed by atoms with van der Waals surface area (Å²) in [5.74, 6) is 0.850. The average molecular weight is 256 g/mol. The fourth-order valence-corrected chi connectivity index (χ4v) is 1.02. The van der Waals surface area contributed by atoms with E-state index in [9.17, 15) is 0 Å². The Hall–Kier alpha value is -1.06. The van der Waals surface area contributed by atoms with Crippen molar-refractivity contribution in [1.82, 2.24) is 0 Å². The van der Waals surface area contributed by atoms with Crippen molar-refractivity contribution >= 4 is 0 Å². The van der Waals surface area contributed by atoms with Crippen molar-refractivity contribution in [2.45, 2.75) is 34.6 Å². The molecule has 106 valence electrons. The number of aryl methyl sites for hydroxylation is 1. The van der Waals surface area contributed by atoms with E-state index in [0.717, 1.165) is 5.75 Å². The average Bonchev–Trinajstić information content (AvgIpc) is 2.45. The van der Waals surface area contributed by atoms with Crippen LogP contribution in [0.1, 0.15) is 33.3 Å². The second-order valence-corrected chi connectivity index (χ2v) is 3.00. The molecule has 0 radical (unpaired) electrons. The maximum Gasteiger partial charge on any atom is 0.119 e. The summed E-state index contributed by atoms with van der Waals surface area (Å²) in [6.45, 7) is 11.5. The summed E-state index contributed by atoms with van der Waals surface area (Å²) in [6.07, 6.45) is 0. The third kappa shape index (κ3) is 11.4. The van der Waals surface area contributed by atoms with Gasteiger partial charge in [-0.2, -0.15) is 0 Å². The van der Waals surface area contributed by atoms with E-state index in [1.807, 2.05) is 58.9 Å². The third-order valence-electron chi connectivity index (χ3n) is 1.75. The van der Waals surface area contributed by atoms with E-state index in [0.29, 0.717) is 19.8 Å². The molecule has 0 fully saturated rings. The van der Waals surface area contributed by atoms with Crippen molar-refractivity contribution in [2.24, 2.45) is 0 Å². The van der Waals surface area contributed by atoms with E-state index in [1.165, 1.54) is 5.56 Å². The van der Waals surface area contributed by atoms with Crippen LogP contribution in [0, 0.1) is 6.92 Å². The van der Waals surface area contributed by atoms with Gasteiger partial charge in [-0.3, -0.25) is 0 Å². The number of hydrogen-bond donors (Lipinski definition) is 1. The van der Waals surface area contributed by atoms with Crippen LogP contribution in [-0.2, 0) is 4.74 Å². The number of aliphatic hydroxyl groups excluding tert-OH is 1. The SMILES string of the molecule is CC.CC.Cc1ccc(OCCOCCO)cc1. The van der Waals surface area contributed by atoms with Gasteiger partial charge in [-0.1, -0.05) is 45.4 Å². The molecule has 0 aromatic heterocycles. The highest BCUT2D eigenvalue weighted by atomic mass is 16.5. The molecule has 0 aliphatic heterocycles. The summed E-state index contributed by atoms with van der Waals surface area (Å²) >= 11 is 0. The molecular weight excluding hydrogens is 228 g/mol. The second-order valence-electron chi connectivity index (χ2n) is 3.00. The van der Waals surface area contributed by atoms with Crippen LogP contribution in [0.4, 0.5) is 0 Å². The van der Waals surface area contributed by atoms with Gasteiger partial charge in [0.1, 0.15) is 12.4 Å². The van der Waals surface area contributed by atoms with E-state index < -0.39 is 0 Å². The van der Waals surface area contributed by atoms with Crippen LogP contribution in [0.15, 0.2) is 24.3 Å². The number of aliphatic hydroxyl groups is 1. The number of ether oxygens (including phenoxy) is 2. The Morgan fingerprint density at radius 2 is 1.44 bits per heavy atom. The lowest BCUT2D eigenvalue weighted by Gasteiger charge is -2.06. The molecule has 0 heterocycles. The minimum Gasteiger partial charge on any atom is -0.491 e. The Labute approximate surface area is 112 Å². The highest BCUT2D eigenvalue weighted by molar-refractivity contribution is 5.26. The predicted octanol–water partition coefficient (Wildman–Crippen LogP) is 3.44. The Bertz CT molecular complexity index is 244. The first-order valence-corrected chi connectivity index (χ1v) is 6.71. The van der Waals surface area contributed by atoms with Crippen LogP contribution in [0.5, 0.6) is 5.75 Å². The van der Waals surface area contributed by atoms with Crippen molar-refractivity contribution in [1.29, 1.82) is 0 Å². The monoisotopic (exact) mass is 256 g/mol. The summed E-state index contributed by atoms with van der Waals surface area (Å²) in [4.78, 5) is 0. The molecule has 0 saturated heterocycles. The summed E-state index contributed by atoms with van der Waals surface area (Å²) in [7, 11) is 0. The minimum absolute atomic E-state index is 0.0601. The molecule has 3 nitrogen and oxygen atoms in total. The van der Waals surface area contributed by atoms with Crippen molar-refractivity contribution in [3.63, 3.8) is 0 Å². The Kier molecular flexibility index (Phi) is 17.1. The molecule has 1 rings (SSSR count). The summed E-state index contributed by atoms with van der Waals surface area (Å²) in [5, 5.41) is 8.45. The zero-order chi connectivity index (χ0) is 14.2. The van der Waals surface area contributed by atoms with Crippen molar-refractivity contribution in [3.05, 3.63) is 29.8 Å². The van der Waals surface area contributed by atoms with Crippen LogP contribution in [0.25, 0.3) is 0 Å². The van der Waals surface area contributed by atoms with Crippen LogP contribution < -0.4 is 4.74 Å². The molecule has 18 heavy (non-hydrogen) atoms. The van der Waals surface area contributed by atoms with E-state index in [2.05, 4.69) is 0 Å². The van der Waals surface area contributed by atoms with Gasteiger partial charge in [0.25, 0.3) is 0 Å². The molecular formula is C15H28O3. The molecule has 0 bridgehead atoms. The maximum atomic E-state index is 8.45. The molecule has 3 heteroatoms. The quantitative estimate of drug-likeness (QED) is 0.792. The van der Waals surface area contributed by atoms with Gasteiger partial charge in [-0.25, -0.2) is 0 Å². The summed E-state index contributed by atoms with van der Waals surface area (Å²) in [6, 6.07) is 7.87. The molecule has 0 saturated carbocycles. The van der Waals surface area contributed by atoms with Gasteiger partial charge < -0.3 is 14.6 Å². The largest absolute Gasteiger partial charge is 0.491 e. The molecule has 0 unspecified atom stereocenters. The molecule has 1 aromatic carbocycles. The second kappa shape index (κ2) is 15.9. The molecule has 0 aliphatic rings. The van der Waals surface area contributed by atoms with Gasteiger partial charge in [0.2, 0.25) is 0 Å². The predicted molar refractivity (Wildman–Crippen MR) is 77.3 cm³/mol. The van der Waals surface area contributed by atoms with Crippen molar-refractivity contribution < 1.29 is 14.6 Å². The molecule has 1 N–H and O–H groups in total. The van der Waals surface area contributed by atoms with Crippen LogP contribution in [-0.4, -0.2) is 31.5 Å². The summed E-state index contributed by atoms with van der Waals surface area (Å²) in [5.41, 5.74) is 1.22. The van der Waals surface area contributed by atoms with Gasteiger partial charge in [-0.15, -0.1) is 0 Å². The summed E-state index contributed by atoms with van der Waals surface area (Å²) < 4.78 is 10.5. The zero-order valence-electron chi connectivity index (χ0n) is 12.4. The molecule has 0 aliphatic carbocycles. The maximum absolute atomic E-state index is 8.45. The topological polar surface area (TPSA) is 38.7 Å². The first-order valence-electron chi connectivity index (χ1n) is 6.71. The first-order chi connectivity index (χ1) is 8.83. The van der Waals surface area contributed by atoms with E-state index in [4.69, 9.17) is 14.6 Å². The lowest BCUT2D eigenvalue weighted by atomic mass is 10.2. The smallest absolute Gasteiger partial charge is 0.119 e. The lowest BCUT2D eigenvalue weighted by molar-refractivity contribution is 0.0705. The molecule has 1 aromatic rings. The zero-order valence-corrected chi connectivity index (χ0v) is 12.4. The number of rotatable bonds is 6. The van der Waals surface area contributed by atoms with Gasteiger partial charge in [0.15, 0.2) is 0 Å². The highest BCUT2D eigenvalue weighted by Gasteiger charge is 1.92. The fourth-order valence-electron chi connectivity index (χ4n) is 1.02. The molecule has 0 atom stereocenters. The molecule has 0 amide bonds. The van der Waals surface area contributed by atoms with Crippen LogP contribution in [0.3, 0.4) is 0 Å². The Morgan fingerprint density at radius 3 is 1.94 bits per heavy atom. The Morgan fingerprint density at radius 1 is 0.889 bits per heavy atom.